The number of hydrogen-bond donors (Lipinski definition) is 1. The Morgan fingerprint density at radius 2 is 2.54 bits per heavy atom. The van der Waals surface area contributed by atoms with Crippen LogP contribution in [0.1, 0.15) is 16.9 Å². The lowest BCUT2D eigenvalue weighted by Crippen LogP contribution is -2.26. The third kappa shape index (κ3) is 2.73. The van der Waals surface area contributed by atoms with Crippen LogP contribution in [0.5, 0.6) is 0 Å². The van der Waals surface area contributed by atoms with E-state index < -0.39 is 0 Å². The van der Waals surface area contributed by atoms with Crippen LogP contribution in [0, 0.1) is 0 Å². The zero-order chi connectivity index (χ0) is 9.68. The van der Waals surface area contributed by atoms with Gasteiger partial charge in [-0.2, -0.15) is 0 Å². The van der Waals surface area contributed by atoms with Gasteiger partial charge in [0.15, 0.2) is 0 Å². The molecule has 0 aromatic carbocycles. The van der Waals surface area contributed by atoms with E-state index in [9.17, 15) is 4.79 Å². The molecule has 1 aromatic rings. The third-order valence-electron chi connectivity index (χ3n) is 1.65. The topological polar surface area (TPSA) is 46.9 Å². The van der Waals surface area contributed by atoms with Crippen molar-refractivity contribution in [3.05, 3.63) is 18.2 Å². The second-order valence-electron chi connectivity index (χ2n) is 2.69. The fraction of sp³-hybridized carbons (Fsp3) is 0.500. The van der Waals surface area contributed by atoms with Crippen molar-refractivity contribution in [2.75, 3.05) is 12.4 Å². The first kappa shape index (κ1) is 10.1. The molecule has 0 radical (unpaired) electrons. The lowest BCUT2D eigenvalue weighted by Gasteiger charge is -2.03. The van der Waals surface area contributed by atoms with Gasteiger partial charge in [0.2, 0.25) is 0 Å². The number of carbonyl (C=O) groups is 1. The predicted octanol–water partition coefficient (Wildman–Crippen LogP) is 0.779. The summed E-state index contributed by atoms with van der Waals surface area (Å²) in [4.78, 5) is 15.2. The Bertz CT molecular complexity index is 285. The molecule has 1 rings (SSSR count). The molecule has 0 aliphatic rings. The van der Waals surface area contributed by atoms with Gasteiger partial charge in [0.25, 0.3) is 5.91 Å². The number of halogens is 1. The molecule has 0 aliphatic carbocycles. The molecule has 1 heterocycles. The van der Waals surface area contributed by atoms with Crippen LogP contribution in [-0.2, 0) is 7.05 Å². The Hall–Kier alpha value is -1.03. The summed E-state index contributed by atoms with van der Waals surface area (Å²) in [5.74, 6) is 0.455. The van der Waals surface area contributed by atoms with E-state index in [0.29, 0.717) is 18.1 Å². The SMILES string of the molecule is Cn1cncc1C(=O)NCCCCl. The molecule has 0 aliphatic heterocycles. The van der Waals surface area contributed by atoms with Gasteiger partial charge < -0.3 is 9.88 Å². The summed E-state index contributed by atoms with van der Waals surface area (Å²) < 4.78 is 1.68. The monoisotopic (exact) mass is 201 g/mol. The van der Waals surface area contributed by atoms with Crippen LogP contribution in [0.25, 0.3) is 0 Å². The van der Waals surface area contributed by atoms with Crippen LogP contribution < -0.4 is 5.32 Å². The number of rotatable bonds is 4. The van der Waals surface area contributed by atoms with Gasteiger partial charge in [-0.1, -0.05) is 0 Å². The average Bonchev–Trinajstić information content (AvgIpc) is 2.52. The second kappa shape index (κ2) is 4.87. The van der Waals surface area contributed by atoms with Crippen molar-refractivity contribution in [2.24, 2.45) is 7.05 Å². The number of alkyl halides is 1. The molecule has 1 N–H and O–H groups in total. The molecule has 0 unspecified atom stereocenters. The molecule has 0 fully saturated rings. The van der Waals surface area contributed by atoms with Crippen LogP contribution in [0.2, 0.25) is 0 Å². The highest BCUT2D eigenvalue weighted by atomic mass is 35.5. The summed E-state index contributed by atoms with van der Waals surface area (Å²) in [6.45, 7) is 0.605. The Labute approximate surface area is 81.9 Å². The fourth-order valence-corrected chi connectivity index (χ4v) is 1.07. The zero-order valence-electron chi connectivity index (χ0n) is 7.46. The van der Waals surface area contributed by atoms with Crippen molar-refractivity contribution in [2.45, 2.75) is 6.42 Å². The number of aromatic nitrogens is 2. The molecule has 0 atom stereocenters. The van der Waals surface area contributed by atoms with E-state index in [-0.39, 0.29) is 5.91 Å². The minimum absolute atomic E-state index is 0.106. The fourth-order valence-electron chi connectivity index (χ4n) is 0.935. The number of nitrogens with one attached hydrogen (secondary N) is 1. The quantitative estimate of drug-likeness (QED) is 0.578. The maximum atomic E-state index is 11.4. The summed E-state index contributed by atoms with van der Waals surface area (Å²) in [7, 11) is 1.78. The number of amides is 1. The predicted molar refractivity (Wildman–Crippen MR) is 50.9 cm³/mol. The summed E-state index contributed by atoms with van der Waals surface area (Å²) >= 11 is 5.47. The first-order valence-electron chi connectivity index (χ1n) is 4.06. The van der Waals surface area contributed by atoms with Gasteiger partial charge in [0.05, 0.1) is 12.5 Å². The highest BCUT2D eigenvalue weighted by Gasteiger charge is 2.07. The molecule has 5 heteroatoms. The van der Waals surface area contributed by atoms with Gasteiger partial charge in [-0.15, -0.1) is 11.6 Å². The molecule has 0 saturated heterocycles. The minimum Gasteiger partial charge on any atom is -0.351 e. The van der Waals surface area contributed by atoms with Gasteiger partial charge in [-0.3, -0.25) is 4.79 Å². The lowest BCUT2D eigenvalue weighted by atomic mass is 10.4. The van der Waals surface area contributed by atoms with Gasteiger partial charge in [-0.05, 0) is 6.42 Å². The number of nitrogens with zero attached hydrogens (tertiary/aromatic N) is 2. The van der Waals surface area contributed by atoms with E-state index in [1.807, 2.05) is 0 Å². The zero-order valence-corrected chi connectivity index (χ0v) is 8.21. The molecular formula is C8H12ClN3O. The smallest absolute Gasteiger partial charge is 0.269 e. The molecular weight excluding hydrogens is 190 g/mol. The van der Waals surface area contributed by atoms with Gasteiger partial charge in [-0.25, -0.2) is 4.98 Å². The van der Waals surface area contributed by atoms with Gasteiger partial charge in [0, 0.05) is 19.5 Å². The van der Waals surface area contributed by atoms with E-state index in [0.717, 1.165) is 6.42 Å². The van der Waals surface area contributed by atoms with Crippen molar-refractivity contribution in [3.8, 4) is 0 Å². The van der Waals surface area contributed by atoms with E-state index in [4.69, 9.17) is 11.6 Å². The normalized spacial score (nSPS) is 10.0. The van der Waals surface area contributed by atoms with Crippen LogP contribution in [-0.4, -0.2) is 27.9 Å². The van der Waals surface area contributed by atoms with Crippen LogP contribution in [0.3, 0.4) is 0 Å². The summed E-state index contributed by atoms with van der Waals surface area (Å²) in [6, 6.07) is 0. The summed E-state index contributed by atoms with van der Waals surface area (Å²) in [6.07, 6.45) is 3.91. The minimum atomic E-state index is -0.106. The number of carbonyl (C=O) groups excluding carboxylic acids is 1. The number of imidazole rings is 1. The molecule has 0 bridgehead atoms. The second-order valence-corrected chi connectivity index (χ2v) is 3.07. The van der Waals surface area contributed by atoms with Crippen molar-refractivity contribution in [3.63, 3.8) is 0 Å². The highest BCUT2D eigenvalue weighted by molar-refractivity contribution is 6.17. The third-order valence-corrected chi connectivity index (χ3v) is 1.91. The van der Waals surface area contributed by atoms with E-state index in [1.54, 1.807) is 17.9 Å². The Morgan fingerprint density at radius 1 is 1.77 bits per heavy atom. The van der Waals surface area contributed by atoms with Crippen LogP contribution in [0.4, 0.5) is 0 Å². The first-order chi connectivity index (χ1) is 6.25. The van der Waals surface area contributed by atoms with Crippen molar-refractivity contribution in [1.82, 2.24) is 14.9 Å². The van der Waals surface area contributed by atoms with Crippen molar-refractivity contribution >= 4 is 17.5 Å². The standard InChI is InChI=1S/C8H12ClN3O/c1-12-6-10-5-7(12)8(13)11-4-2-3-9/h5-6H,2-4H2,1H3,(H,11,13). The molecule has 0 spiro atoms. The average molecular weight is 202 g/mol. The molecule has 1 aromatic heterocycles. The van der Waals surface area contributed by atoms with Crippen LogP contribution in [0.15, 0.2) is 12.5 Å². The molecule has 0 saturated carbocycles. The van der Waals surface area contributed by atoms with E-state index in [1.165, 1.54) is 6.20 Å². The molecule has 13 heavy (non-hydrogen) atoms. The summed E-state index contributed by atoms with van der Waals surface area (Å²) in [5.41, 5.74) is 0.564. The van der Waals surface area contributed by atoms with Crippen molar-refractivity contribution in [1.29, 1.82) is 0 Å². The van der Waals surface area contributed by atoms with E-state index >= 15 is 0 Å². The highest BCUT2D eigenvalue weighted by Crippen LogP contribution is 1.95. The van der Waals surface area contributed by atoms with Gasteiger partial charge in [0.1, 0.15) is 5.69 Å². The first-order valence-corrected chi connectivity index (χ1v) is 4.59. The molecule has 4 nitrogen and oxygen atoms in total. The molecule has 72 valence electrons. The lowest BCUT2D eigenvalue weighted by molar-refractivity contribution is 0.0945. The van der Waals surface area contributed by atoms with Gasteiger partial charge >= 0.3 is 0 Å². The number of hydrogen-bond acceptors (Lipinski definition) is 2. The summed E-state index contributed by atoms with van der Waals surface area (Å²) in [5, 5.41) is 2.74. The maximum absolute atomic E-state index is 11.4. The molecule has 1 amide bonds. The number of aryl methyl sites for hydroxylation is 1. The van der Waals surface area contributed by atoms with Crippen LogP contribution >= 0.6 is 11.6 Å². The Balaban J connectivity index is 2.45. The largest absolute Gasteiger partial charge is 0.351 e. The maximum Gasteiger partial charge on any atom is 0.269 e. The Morgan fingerprint density at radius 3 is 3.08 bits per heavy atom. The van der Waals surface area contributed by atoms with E-state index in [2.05, 4.69) is 10.3 Å². The Kier molecular flexibility index (Phi) is 3.76. The van der Waals surface area contributed by atoms with Crippen molar-refractivity contribution < 1.29 is 4.79 Å².